The van der Waals surface area contributed by atoms with Crippen molar-refractivity contribution in [2.24, 2.45) is 5.41 Å². The number of hydrogen-bond acceptors (Lipinski definition) is 3. The molecule has 0 aromatic heterocycles. The zero-order chi connectivity index (χ0) is 15.5. The molecule has 0 atom stereocenters. The third kappa shape index (κ3) is 4.09. The van der Waals surface area contributed by atoms with Gasteiger partial charge in [-0.05, 0) is 51.2 Å². The van der Waals surface area contributed by atoms with Crippen LogP contribution >= 0.6 is 0 Å². The molecule has 1 aliphatic carbocycles. The van der Waals surface area contributed by atoms with Crippen LogP contribution in [0.3, 0.4) is 0 Å². The van der Waals surface area contributed by atoms with Gasteiger partial charge in [0.25, 0.3) is 0 Å². The average Bonchev–Trinajstić information content (AvgIpc) is 2.41. The van der Waals surface area contributed by atoms with Crippen molar-refractivity contribution in [3.63, 3.8) is 0 Å². The van der Waals surface area contributed by atoms with Crippen molar-refractivity contribution >= 4 is 12.0 Å². The second kappa shape index (κ2) is 6.64. The molecule has 0 radical (unpaired) electrons. The van der Waals surface area contributed by atoms with Crippen LogP contribution in [0.1, 0.15) is 38.5 Å². The molecule has 0 unspecified atom stereocenters. The maximum atomic E-state index is 12.3. The van der Waals surface area contributed by atoms with Crippen LogP contribution in [0.15, 0.2) is 0 Å². The minimum absolute atomic E-state index is 0.0683. The van der Waals surface area contributed by atoms with Crippen LogP contribution in [0.5, 0.6) is 0 Å². The molecule has 2 rings (SSSR count). The van der Waals surface area contributed by atoms with E-state index in [1.165, 1.54) is 0 Å². The molecule has 21 heavy (non-hydrogen) atoms. The molecule has 0 aromatic carbocycles. The second-order valence-corrected chi connectivity index (χ2v) is 6.73. The van der Waals surface area contributed by atoms with E-state index in [-0.39, 0.29) is 23.9 Å². The van der Waals surface area contributed by atoms with Gasteiger partial charge in [-0.1, -0.05) is 6.42 Å². The minimum Gasteiger partial charge on any atom is -0.481 e. The highest BCUT2D eigenvalue weighted by molar-refractivity contribution is 5.74. The summed E-state index contributed by atoms with van der Waals surface area (Å²) in [6.07, 6.45) is 5.02. The molecule has 1 heterocycles. The first kappa shape index (κ1) is 16.1. The Bertz CT molecular complexity index is 388. The molecule has 120 valence electrons. The van der Waals surface area contributed by atoms with Gasteiger partial charge in [0, 0.05) is 19.6 Å². The van der Waals surface area contributed by atoms with Gasteiger partial charge in [0.05, 0.1) is 6.42 Å². The number of nitrogens with zero attached hydrogens (tertiary/aromatic N) is 2. The monoisotopic (exact) mass is 297 g/mol. The van der Waals surface area contributed by atoms with Crippen molar-refractivity contribution in [1.29, 1.82) is 0 Å². The Morgan fingerprint density at radius 3 is 2.43 bits per heavy atom. The normalized spacial score (nSPS) is 22.4. The highest BCUT2D eigenvalue weighted by Crippen LogP contribution is 2.43. The molecule has 2 amide bonds. The van der Waals surface area contributed by atoms with Crippen LogP contribution in [0, 0.1) is 5.41 Å². The van der Waals surface area contributed by atoms with Gasteiger partial charge < -0.3 is 20.2 Å². The van der Waals surface area contributed by atoms with E-state index in [0.717, 1.165) is 45.2 Å². The van der Waals surface area contributed by atoms with Gasteiger partial charge >= 0.3 is 12.0 Å². The largest absolute Gasteiger partial charge is 0.481 e. The number of carbonyl (C=O) groups is 2. The van der Waals surface area contributed by atoms with Crippen LogP contribution < -0.4 is 5.32 Å². The van der Waals surface area contributed by atoms with Crippen molar-refractivity contribution in [2.45, 2.75) is 44.6 Å². The summed E-state index contributed by atoms with van der Waals surface area (Å²) in [5.41, 5.74) is -0.213. The fourth-order valence-corrected chi connectivity index (χ4v) is 3.35. The lowest BCUT2D eigenvalue weighted by atomic mass is 9.66. The van der Waals surface area contributed by atoms with Crippen molar-refractivity contribution < 1.29 is 14.7 Å². The summed E-state index contributed by atoms with van der Waals surface area (Å²) in [5, 5.41) is 11.9. The number of likely N-dealkylation sites (tertiary alicyclic amines) is 1. The van der Waals surface area contributed by atoms with E-state index in [9.17, 15) is 9.59 Å². The number of amides is 2. The molecule has 0 bridgehead atoms. The molecule has 2 N–H and O–H groups in total. The van der Waals surface area contributed by atoms with E-state index in [1.54, 1.807) is 4.90 Å². The van der Waals surface area contributed by atoms with E-state index in [2.05, 4.69) is 17.3 Å². The third-order valence-electron chi connectivity index (χ3n) is 5.11. The molecule has 0 spiro atoms. The maximum Gasteiger partial charge on any atom is 0.317 e. The number of hydrogen-bond donors (Lipinski definition) is 2. The Morgan fingerprint density at radius 1 is 1.33 bits per heavy atom. The summed E-state index contributed by atoms with van der Waals surface area (Å²) >= 11 is 0. The number of urea groups is 1. The van der Waals surface area contributed by atoms with E-state index in [0.29, 0.717) is 6.54 Å². The molecular weight excluding hydrogens is 270 g/mol. The highest BCUT2D eigenvalue weighted by Gasteiger charge is 2.39. The van der Waals surface area contributed by atoms with Gasteiger partial charge in [0.15, 0.2) is 0 Å². The zero-order valence-electron chi connectivity index (χ0n) is 13.1. The van der Waals surface area contributed by atoms with Gasteiger partial charge in [-0.15, -0.1) is 0 Å². The number of piperidine rings is 1. The topological polar surface area (TPSA) is 72.9 Å². The van der Waals surface area contributed by atoms with Crippen molar-refractivity contribution in [2.75, 3.05) is 33.7 Å². The molecular formula is C15H27N3O3. The fraction of sp³-hybridized carbons (Fsp3) is 0.867. The molecule has 6 nitrogen and oxygen atoms in total. The number of rotatable bonds is 5. The Labute approximate surface area is 126 Å². The second-order valence-electron chi connectivity index (χ2n) is 6.73. The summed E-state index contributed by atoms with van der Waals surface area (Å²) in [5.74, 6) is -0.771. The first-order valence-corrected chi connectivity index (χ1v) is 7.83. The number of nitrogens with one attached hydrogen (secondary N) is 1. The summed E-state index contributed by atoms with van der Waals surface area (Å²) in [7, 11) is 3.94. The van der Waals surface area contributed by atoms with Gasteiger partial charge in [0.2, 0.25) is 0 Å². The van der Waals surface area contributed by atoms with Crippen LogP contribution in [0.25, 0.3) is 0 Å². The summed E-state index contributed by atoms with van der Waals surface area (Å²) in [6.45, 7) is 2.52. The van der Waals surface area contributed by atoms with Crippen LogP contribution in [0.4, 0.5) is 4.79 Å². The Kier molecular flexibility index (Phi) is 5.08. The average molecular weight is 297 g/mol. The predicted molar refractivity (Wildman–Crippen MR) is 80.2 cm³/mol. The molecule has 1 saturated heterocycles. The summed E-state index contributed by atoms with van der Waals surface area (Å²) in [6, 6.07) is 0.222. The lowest BCUT2D eigenvalue weighted by Crippen LogP contribution is -2.51. The van der Waals surface area contributed by atoms with Crippen molar-refractivity contribution in [3.05, 3.63) is 0 Å². The van der Waals surface area contributed by atoms with Gasteiger partial charge in [0.1, 0.15) is 0 Å². The fourth-order valence-electron chi connectivity index (χ4n) is 3.35. The highest BCUT2D eigenvalue weighted by atomic mass is 16.4. The van der Waals surface area contributed by atoms with Crippen LogP contribution in [-0.4, -0.2) is 66.7 Å². The van der Waals surface area contributed by atoms with Gasteiger partial charge in [-0.25, -0.2) is 4.79 Å². The number of carbonyl (C=O) groups excluding carboxylic acids is 1. The quantitative estimate of drug-likeness (QED) is 0.804. The maximum absolute atomic E-state index is 12.3. The molecule has 1 aliphatic heterocycles. The van der Waals surface area contributed by atoms with Crippen LogP contribution in [-0.2, 0) is 4.79 Å². The molecule has 1 saturated carbocycles. The third-order valence-corrected chi connectivity index (χ3v) is 5.11. The molecule has 2 aliphatic rings. The Morgan fingerprint density at radius 2 is 1.95 bits per heavy atom. The summed E-state index contributed by atoms with van der Waals surface area (Å²) in [4.78, 5) is 27.3. The summed E-state index contributed by atoms with van der Waals surface area (Å²) < 4.78 is 0. The van der Waals surface area contributed by atoms with E-state index in [1.807, 2.05) is 7.05 Å². The molecule has 0 aromatic rings. The zero-order valence-corrected chi connectivity index (χ0v) is 13.1. The predicted octanol–water partition coefficient (Wildman–Crippen LogP) is 1.37. The van der Waals surface area contributed by atoms with Gasteiger partial charge in [-0.3, -0.25) is 4.79 Å². The first-order chi connectivity index (χ1) is 9.92. The molecule has 2 fully saturated rings. The lowest BCUT2D eigenvalue weighted by molar-refractivity contribution is -0.141. The van der Waals surface area contributed by atoms with Crippen LogP contribution in [0.2, 0.25) is 0 Å². The molecule has 6 heteroatoms. The van der Waals surface area contributed by atoms with E-state index < -0.39 is 5.97 Å². The standard InChI is InChI=1S/C15H27N3O3/c1-17-8-4-12(5-9-17)18(2)14(21)16-11-15(6-3-7-15)10-13(19)20/h12H,3-11H2,1-2H3,(H,16,21)(H,19,20). The number of carboxylic acid groups (broad SMARTS) is 1. The van der Waals surface area contributed by atoms with Crippen molar-refractivity contribution in [1.82, 2.24) is 15.1 Å². The lowest BCUT2D eigenvalue weighted by Gasteiger charge is -2.42. The van der Waals surface area contributed by atoms with Gasteiger partial charge in [-0.2, -0.15) is 0 Å². The SMILES string of the molecule is CN1CCC(N(C)C(=O)NCC2(CC(=O)O)CCC2)CC1. The first-order valence-electron chi connectivity index (χ1n) is 7.83. The van der Waals surface area contributed by atoms with E-state index >= 15 is 0 Å². The number of aliphatic carboxylic acids is 1. The van der Waals surface area contributed by atoms with Crippen molar-refractivity contribution in [3.8, 4) is 0 Å². The number of carboxylic acids is 1. The minimum atomic E-state index is -0.771. The smallest absolute Gasteiger partial charge is 0.317 e. The Balaban J connectivity index is 1.79. The Hall–Kier alpha value is -1.30. The van der Waals surface area contributed by atoms with E-state index in [4.69, 9.17) is 5.11 Å².